The van der Waals surface area contributed by atoms with Crippen molar-refractivity contribution in [1.29, 1.82) is 0 Å². The minimum Gasteiger partial charge on any atom is -0.464 e. The second kappa shape index (κ2) is 4.96. The Morgan fingerprint density at radius 3 is 2.90 bits per heavy atom. The Morgan fingerprint density at radius 2 is 2.15 bits per heavy atom. The molecule has 0 saturated heterocycles. The van der Waals surface area contributed by atoms with Gasteiger partial charge in [-0.15, -0.1) is 0 Å². The monoisotopic (exact) mass is 269 g/mol. The zero-order valence-electron chi connectivity index (χ0n) is 11.5. The van der Waals surface area contributed by atoms with Gasteiger partial charge in [0.1, 0.15) is 12.9 Å². The maximum absolute atomic E-state index is 11.6. The van der Waals surface area contributed by atoms with E-state index in [0.717, 1.165) is 29.7 Å². The topological polar surface area (TPSA) is 51.8 Å². The second-order valence-corrected chi connectivity index (χ2v) is 4.81. The number of benzene rings is 1. The number of oxime groups is 1. The molecule has 0 N–H and O–H groups in total. The minimum atomic E-state index is 0.0101. The van der Waals surface area contributed by atoms with Gasteiger partial charge in [-0.25, -0.2) is 0 Å². The Hall–Kier alpha value is -2.36. The van der Waals surface area contributed by atoms with Crippen LogP contribution in [0.4, 0.5) is 0 Å². The molecule has 1 aromatic carbocycles. The Morgan fingerprint density at radius 1 is 1.30 bits per heavy atom. The highest BCUT2D eigenvalue weighted by molar-refractivity contribution is 6.05. The van der Waals surface area contributed by atoms with Crippen molar-refractivity contribution >= 4 is 11.5 Å². The van der Waals surface area contributed by atoms with Gasteiger partial charge in [-0.2, -0.15) is 0 Å². The molecule has 1 aromatic heterocycles. The molecule has 1 aliphatic carbocycles. The van der Waals surface area contributed by atoms with E-state index in [1.165, 1.54) is 5.56 Å². The first kappa shape index (κ1) is 12.7. The van der Waals surface area contributed by atoms with Crippen LogP contribution in [0.1, 0.15) is 34.8 Å². The molecule has 0 atom stereocenters. The summed E-state index contributed by atoms with van der Waals surface area (Å²) in [5.41, 5.74) is 4.85. The van der Waals surface area contributed by atoms with Crippen LogP contribution >= 0.6 is 0 Å². The molecule has 1 heterocycles. The molecule has 0 saturated carbocycles. The summed E-state index contributed by atoms with van der Waals surface area (Å²) in [6, 6.07) is 7.75. The zero-order chi connectivity index (χ0) is 14.1. The SMILES string of the molecule is CO/N=C1\CCc2cc(-c3occc3C(C)=O)ccc21. The zero-order valence-corrected chi connectivity index (χ0v) is 11.5. The average Bonchev–Trinajstić information content (AvgIpc) is 3.05. The first-order chi connectivity index (χ1) is 9.70. The van der Waals surface area contributed by atoms with Crippen LogP contribution in [0, 0.1) is 0 Å². The van der Waals surface area contributed by atoms with Crippen molar-refractivity contribution in [3.8, 4) is 11.3 Å². The van der Waals surface area contributed by atoms with Crippen LogP contribution in [0.5, 0.6) is 0 Å². The van der Waals surface area contributed by atoms with Gasteiger partial charge in [-0.1, -0.05) is 17.3 Å². The summed E-state index contributed by atoms with van der Waals surface area (Å²) in [4.78, 5) is 16.4. The van der Waals surface area contributed by atoms with E-state index in [-0.39, 0.29) is 5.78 Å². The van der Waals surface area contributed by atoms with Crippen molar-refractivity contribution in [3.05, 3.63) is 47.2 Å². The van der Waals surface area contributed by atoms with Crippen LogP contribution in [0.3, 0.4) is 0 Å². The van der Waals surface area contributed by atoms with Gasteiger partial charge in [0.15, 0.2) is 5.78 Å². The van der Waals surface area contributed by atoms with Gasteiger partial charge >= 0.3 is 0 Å². The van der Waals surface area contributed by atoms with E-state index in [4.69, 9.17) is 9.25 Å². The van der Waals surface area contributed by atoms with E-state index in [1.807, 2.05) is 12.1 Å². The van der Waals surface area contributed by atoms with Crippen LogP contribution in [0.2, 0.25) is 0 Å². The summed E-state index contributed by atoms with van der Waals surface area (Å²) in [6.45, 7) is 1.55. The summed E-state index contributed by atoms with van der Waals surface area (Å²) < 4.78 is 5.47. The fraction of sp³-hybridized carbons (Fsp3) is 0.250. The van der Waals surface area contributed by atoms with Crippen LogP contribution in [0.15, 0.2) is 40.1 Å². The van der Waals surface area contributed by atoms with E-state index in [1.54, 1.807) is 26.4 Å². The number of aryl methyl sites for hydroxylation is 1. The highest BCUT2D eigenvalue weighted by Gasteiger charge is 2.20. The molecule has 102 valence electrons. The fourth-order valence-corrected chi connectivity index (χ4v) is 2.63. The molecule has 0 radical (unpaired) electrons. The number of rotatable bonds is 3. The van der Waals surface area contributed by atoms with Crippen molar-refractivity contribution in [2.24, 2.45) is 5.16 Å². The van der Waals surface area contributed by atoms with Gasteiger partial charge in [-0.3, -0.25) is 4.79 Å². The molecule has 2 aromatic rings. The number of Topliss-reactive ketones (excluding diaryl/α,β-unsaturated/α-hetero) is 1. The third-order valence-corrected chi connectivity index (χ3v) is 3.56. The van der Waals surface area contributed by atoms with E-state index >= 15 is 0 Å². The molecule has 1 aliphatic rings. The summed E-state index contributed by atoms with van der Waals surface area (Å²) in [5, 5.41) is 4.04. The first-order valence-electron chi connectivity index (χ1n) is 6.53. The largest absolute Gasteiger partial charge is 0.464 e. The Bertz CT molecular complexity index is 697. The summed E-state index contributed by atoms with van der Waals surface area (Å²) in [5.74, 6) is 0.647. The highest BCUT2D eigenvalue weighted by atomic mass is 16.6. The number of fused-ring (bicyclic) bond motifs is 1. The molecule has 0 spiro atoms. The molecular formula is C16H15NO3. The van der Waals surface area contributed by atoms with E-state index < -0.39 is 0 Å². The van der Waals surface area contributed by atoms with Crippen LogP contribution < -0.4 is 0 Å². The predicted octanol–water partition coefficient (Wildman–Crippen LogP) is 3.45. The smallest absolute Gasteiger partial charge is 0.163 e. The fourth-order valence-electron chi connectivity index (χ4n) is 2.63. The minimum absolute atomic E-state index is 0.0101. The number of hydrogen-bond donors (Lipinski definition) is 0. The van der Waals surface area contributed by atoms with Crippen LogP contribution in [-0.2, 0) is 11.3 Å². The van der Waals surface area contributed by atoms with E-state index in [0.29, 0.717) is 11.3 Å². The summed E-state index contributed by atoms with van der Waals surface area (Å²) in [7, 11) is 1.56. The maximum atomic E-state index is 11.6. The Kier molecular flexibility index (Phi) is 3.14. The van der Waals surface area contributed by atoms with Crippen molar-refractivity contribution < 1.29 is 14.0 Å². The van der Waals surface area contributed by atoms with E-state index in [9.17, 15) is 4.79 Å². The molecule has 4 nitrogen and oxygen atoms in total. The summed E-state index contributed by atoms with van der Waals surface area (Å²) >= 11 is 0. The van der Waals surface area contributed by atoms with Gasteiger partial charge in [0.2, 0.25) is 0 Å². The van der Waals surface area contributed by atoms with Gasteiger partial charge in [0, 0.05) is 11.1 Å². The van der Waals surface area contributed by atoms with Gasteiger partial charge in [0.25, 0.3) is 0 Å². The molecule has 20 heavy (non-hydrogen) atoms. The Balaban J connectivity index is 2.04. The lowest BCUT2D eigenvalue weighted by Gasteiger charge is -2.04. The van der Waals surface area contributed by atoms with Crippen molar-refractivity contribution in [2.45, 2.75) is 19.8 Å². The van der Waals surface area contributed by atoms with E-state index in [2.05, 4.69) is 11.2 Å². The number of furan rings is 1. The average molecular weight is 269 g/mol. The second-order valence-electron chi connectivity index (χ2n) is 4.81. The standard InChI is InChI=1S/C16H15NO3/c1-10(18)13-7-8-20-16(13)12-3-5-14-11(9-12)4-6-15(14)17-19-2/h3,5,7-9H,4,6H2,1-2H3/b17-15+. The number of carbonyl (C=O) groups excluding carboxylic acids is 1. The van der Waals surface area contributed by atoms with Gasteiger partial charge in [-0.05, 0) is 37.5 Å². The van der Waals surface area contributed by atoms with Crippen molar-refractivity contribution in [3.63, 3.8) is 0 Å². The molecule has 0 aliphatic heterocycles. The third-order valence-electron chi connectivity index (χ3n) is 3.56. The maximum Gasteiger partial charge on any atom is 0.163 e. The molecular weight excluding hydrogens is 254 g/mol. The number of ketones is 1. The molecule has 3 rings (SSSR count). The molecule has 0 unspecified atom stereocenters. The summed E-state index contributed by atoms with van der Waals surface area (Å²) in [6.07, 6.45) is 3.36. The number of carbonyl (C=O) groups is 1. The lowest BCUT2D eigenvalue weighted by Crippen LogP contribution is -1.96. The first-order valence-corrected chi connectivity index (χ1v) is 6.53. The Labute approximate surface area is 117 Å². The molecule has 0 fully saturated rings. The number of hydrogen-bond acceptors (Lipinski definition) is 4. The predicted molar refractivity (Wildman–Crippen MR) is 76.0 cm³/mol. The van der Waals surface area contributed by atoms with Gasteiger partial charge in [0.05, 0.1) is 17.5 Å². The lowest BCUT2D eigenvalue weighted by atomic mass is 10.0. The third kappa shape index (κ3) is 2.03. The molecule has 4 heteroatoms. The normalized spacial score (nSPS) is 15.4. The quantitative estimate of drug-likeness (QED) is 0.633. The van der Waals surface area contributed by atoms with Gasteiger partial charge < -0.3 is 9.25 Å². The van der Waals surface area contributed by atoms with Crippen molar-refractivity contribution in [1.82, 2.24) is 0 Å². The van der Waals surface area contributed by atoms with Crippen LogP contribution in [0.25, 0.3) is 11.3 Å². The lowest BCUT2D eigenvalue weighted by molar-refractivity contribution is 0.101. The van der Waals surface area contributed by atoms with Crippen LogP contribution in [-0.4, -0.2) is 18.6 Å². The van der Waals surface area contributed by atoms with Crippen molar-refractivity contribution in [2.75, 3.05) is 7.11 Å². The highest BCUT2D eigenvalue weighted by Crippen LogP contribution is 2.31. The molecule has 0 amide bonds. The number of nitrogens with zero attached hydrogens (tertiary/aromatic N) is 1. The molecule has 0 bridgehead atoms.